The molecule has 120 valence electrons. The highest BCUT2D eigenvalue weighted by atomic mass is 16.4. The van der Waals surface area contributed by atoms with E-state index in [4.69, 9.17) is 5.11 Å². The molecule has 0 aliphatic heterocycles. The number of fused-ring (bicyclic) bond motifs is 1. The van der Waals surface area contributed by atoms with Crippen molar-refractivity contribution in [3.05, 3.63) is 81.4 Å². The number of hydrogen-bond acceptors (Lipinski definition) is 3. The Morgan fingerprint density at radius 3 is 2.58 bits per heavy atom. The number of pyridine rings is 1. The highest BCUT2D eigenvalue weighted by Crippen LogP contribution is 2.12. The van der Waals surface area contributed by atoms with E-state index in [0.29, 0.717) is 23.3 Å². The maximum absolute atomic E-state index is 12.7. The van der Waals surface area contributed by atoms with Crippen molar-refractivity contribution in [2.24, 2.45) is 0 Å². The van der Waals surface area contributed by atoms with E-state index < -0.39 is 5.97 Å². The summed E-state index contributed by atoms with van der Waals surface area (Å²) in [6.45, 7) is 1.88. The van der Waals surface area contributed by atoms with Crippen LogP contribution in [0.15, 0.2) is 53.5 Å². The first-order chi connectivity index (χ1) is 11.6. The monoisotopic (exact) mass is 320 g/mol. The summed E-state index contributed by atoms with van der Waals surface area (Å²) in [6, 6.07) is 12.7. The van der Waals surface area contributed by atoms with Crippen molar-refractivity contribution in [3.8, 4) is 0 Å². The van der Waals surface area contributed by atoms with Crippen LogP contribution < -0.4 is 5.56 Å². The van der Waals surface area contributed by atoms with E-state index in [0.717, 1.165) is 5.56 Å². The average molecular weight is 320 g/mol. The number of benzene rings is 1. The summed E-state index contributed by atoms with van der Waals surface area (Å²) in [4.78, 5) is 28.3. The van der Waals surface area contributed by atoms with Crippen LogP contribution in [0.3, 0.4) is 0 Å². The summed E-state index contributed by atoms with van der Waals surface area (Å²) in [7, 11) is 0. The first kappa shape index (κ1) is 15.7. The molecule has 0 amide bonds. The number of aromatic carboxylic acids is 1. The number of carboxylic acids is 1. The molecule has 0 saturated heterocycles. The van der Waals surface area contributed by atoms with Gasteiger partial charge in [-0.15, -0.1) is 0 Å². The minimum atomic E-state index is -1.07. The Balaban J connectivity index is 2.15. The van der Waals surface area contributed by atoms with Gasteiger partial charge in [0.1, 0.15) is 5.65 Å². The van der Waals surface area contributed by atoms with Gasteiger partial charge in [-0.05, 0) is 30.2 Å². The van der Waals surface area contributed by atoms with Crippen molar-refractivity contribution < 1.29 is 9.90 Å². The lowest BCUT2D eigenvalue weighted by Crippen LogP contribution is -2.21. The molecule has 5 heteroatoms. The van der Waals surface area contributed by atoms with E-state index in [1.807, 2.05) is 49.4 Å². The zero-order chi connectivity index (χ0) is 17.1. The molecule has 0 aliphatic rings. The van der Waals surface area contributed by atoms with Crippen molar-refractivity contribution in [3.63, 3.8) is 0 Å². The minimum absolute atomic E-state index is 0.0565. The fraction of sp³-hybridized carbons (Fsp3) is 0.105. The van der Waals surface area contributed by atoms with Gasteiger partial charge in [0.2, 0.25) is 0 Å². The number of carbonyl (C=O) groups is 1. The Labute approximate surface area is 138 Å². The van der Waals surface area contributed by atoms with Crippen LogP contribution >= 0.6 is 0 Å². The average Bonchev–Trinajstić information content (AvgIpc) is 2.60. The third-order valence-electron chi connectivity index (χ3n) is 3.78. The lowest BCUT2D eigenvalue weighted by molar-refractivity contribution is 0.0696. The van der Waals surface area contributed by atoms with Crippen LogP contribution in [0.2, 0.25) is 0 Å². The molecule has 1 aromatic carbocycles. The molecule has 0 unspecified atom stereocenters. The minimum Gasteiger partial charge on any atom is -0.478 e. The zero-order valence-electron chi connectivity index (χ0n) is 13.1. The van der Waals surface area contributed by atoms with Gasteiger partial charge in [0, 0.05) is 11.8 Å². The zero-order valence-corrected chi connectivity index (χ0v) is 13.1. The van der Waals surface area contributed by atoms with Crippen molar-refractivity contribution in [1.29, 1.82) is 0 Å². The Hall–Kier alpha value is -3.21. The van der Waals surface area contributed by atoms with E-state index in [2.05, 4.69) is 4.98 Å². The molecule has 0 saturated carbocycles. The van der Waals surface area contributed by atoms with E-state index in [-0.39, 0.29) is 11.1 Å². The van der Waals surface area contributed by atoms with E-state index in [1.165, 1.54) is 16.7 Å². The molecular formula is C19H16N2O3. The number of hydrogen-bond donors (Lipinski definition) is 1. The fourth-order valence-electron chi connectivity index (χ4n) is 2.53. The number of nitrogens with zero attached hydrogens (tertiary/aromatic N) is 2. The second kappa shape index (κ2) is 6.50. The maximum atomic E-state index is 12.7. The number of aromatic nitrogens is 2. The van der Waals surface area contributed by atoms with Gasteiger partial charge >= 0.3 is 5.97 Å². The molecular weight excluding hydrogens is 304 g/mol. The highest BCUT2D eigenvalue weighted by molar-refractivity contribution is 5.87. The SMILES string of the molecule is CCc1c(/C=C/c2ccccc2)nc2ccc(C(=O)O)cn2c1=O. The van der Waals surface area contributed by atoms with Crippen LogP contribution in [0.4, 0.5) is 0 Å². The van der Waals surface area contributed by atoms with Crippen LogP contribution in [0, 0.1) is 0 Å². The van der Waals surface area contributed by atoms with Gasteiger partial charge in [0.25, 0.3) is 5.56 Å². The molecule has 0 atom stereocenters. The van der Waals surface area contributed by atoms with Crippen LogP contribution in [-0.4, -0.2) is 20.5 Å². The van der Waals surface area contributed by atoms with Crippen LogP contribution in [0.5, 0.6) is 0 Å². The molecule has 1 N–H and O–H groups in total. The van der Waals surface area contributed by atoms with Gasteiger partial charge in [0.05, 0.1) is 11.3 Å². The molecule has 2 heterocycles. The van der Waals surface area contributed by atoms with Crippen LogP contribution in [-0.2, 0) is 6.42 Å². The van der Waals surface area contributed by atoms with Gasteiger partial charge in [-0.2, -0.15) is 0 Å². The summed E-state index contributed by atoms with van der Waals surface area (Å²) in [5.41, 5.74) is 2.42. The molecule has 0 spiro atoms. The molecule has 0 aliphatic carbocycles. The highest BCUT2D eigenvalue weighted by Gasteiger charge is 2.11. The van der Waals surface area contributed by atoms with Crippen molar-refractivity contribution in [1.82, 2.24) is 9.38 Å². The largest absolute Gasteiger partial charge is 0.478 e. The van der Waals surface area contributed by atoms with Gasteiger partial charge in [-0.1, -0.05) is 43.3 Å². The number of carboxylic acid groups (broad SMARTS) is 1. The smallest absolute Gasteiger partial charge is 0.337 e. The Morgan fingerprint density at radius 1 is 1.17 bits per heavy atom. The predicted molar refractivity (Wildman–Crippen MR) is 93.2 cm³/mol. The van der Waals surface area contributed by atoms with Gasteiger partial charge in [0.15, 0.2) is 0 Å². The first-order valence-electron chi connectivity index (χ1n) is 7.62. The summed E-state index contributed by atoms with van der Waals surface area (Å²) < 4.78 is 1.29. The summed E-state index contributed by atoms with van der Waals surface area (Å²) >= 11 is 0. The Kier molecular flexibility index (Phi) is 4.24. The van der Waals surface area contributed by atoms with E-state index >= 15 is 0 Å². The lowest BCUT2D eigenvalue weighted by atomic mass is 10.1. The standard InChI is InChI=1S/C19H16N2O3/c1-2-15-16(10-8-13-6-4-3-5-7-13)20-17-11-9-14(19(23)24)12-21(17)18(15)22/h3-12H,2H2,1H3,(H,23,24)/b10-8+. The fourth-order valence-corrected chi connectivity index (χ4v) is 2.53. The maximum Gasteiger partial charge on any atom is 0.337 e. The second-order valence-corrected chi connectivity index (χ2v) is 5.33. The molecule has 3 aromatic rings. The first-order valence-corrected chi connectivity index (χ1v) is 7.62. The molecule has 0 radical (unpaired) electrons. The van der Waals surface area contributed by atoms with Crippen molar-refractivity contribution >= 4 is 23.8 Å². The van der Waals surface area contributed by atoms with Crippen LogP contribution in [0.25, 0.3) is 17.8 Å². The van der Waals surface area contributed by atoms with E-state index in [9.17, 15) is 9.59 Å². The normalized spacial score (nSPS) is 11.2. The third kappa shape index (κ3) is 2.96. The van der Waals surface area contributed by atoms with Gasteiger partial charge < -0.3 is 5.11 Å². The summed E-state index contributed by atoms with van der Waals surface area (Å²) in [5, 5.41) is 9.08. The quantitative estimate of drug-likeness (QED) is 0.801. The second-order valence-electron chi connectivity index (χ2n) is 5.33. The van der Waals surface area contributed by atoms with Crippen molar-refractivity contribution in [2.45, 2.75) is 13.3 Å². The van der Waals surface area contributed by atoms with Gasteiger partial charge in [-0.3, -0.25) is 9.20 Å². The molecule has 2 aromatic heterocycles. The number of rotatable bonds is 4. The van der Waals surface area contributed by atoms with E-state index in [1.54, 1.807) is 6.07 Å². The van der Waals surface area contributed by atoms with Crippen molar-refractivity contribution in [2.75, 3.05) is 0 Å². The van der Waals surface area contributed by atoms with Gasteiger partial charge in [-0.25, -0.2) is 9.78 Å². The molecule has 3 rings (SSSR count). The summed E-state index contributed by atoms with van der Waals surface area (Å²) in [6.07, 6.45) is 5.56. The predicted octanol–water partition coefficient (Wildman–Crippen LogP) is 3.13. The Bertz CT molecular complexity index is 989. The van der Waals surface area contributed by atoms with Crippen LogP contribution in [0.1, 0.15) is 34.1 Å². The Morgan fingerprint density at radius 2 is 1.92 bits per heavy atom. The lowest BCUT2D eigenvalue weighted by Gasteiger charge is -2.07. The molecule has 0 fully saturated rings. The topological polar surface area (TPSA) is 71.7 Å². The molecule has 0 bridgehead atoms. The molecule has 24 heavy (non-hydrogen) atoms. The third-order valence-corrected chi connectivity index (χ3v) is 3.78. The molecule has 5 nitrogen and oxygen atoms in total. The summed E-state index contributed by atoms with van der Waals surface area (Å²) in [5.74, 6) is -1.07.